The molecule has 150 valence electrons. The van der Waals surface area contributed by atoms with Gasteiger partial charge in [-0.1, -0.05) is 90.6 Å². The Kier molecular flexibility index (Phi) is 6.25. The van der Waals surface area contributed by atoms with Crippen molar-refractivity contribution >= 4 is 17.7 Å². The van der Waals surface area contributed by atoms with Crippen LogP contribution in [0.2, 0.25) is 0 Å². The number of aromatic nitrogens is 3. The van der Waals surface area contributed by atoms with E-state index in [1.807, 2.05) is 103 Å². The van der Waals surface area contributed by atoms with Crippen LogP contribution in [0.3, 0.4) is 0 Å². The van der Waals surface area contributed by atoms with E-state index in [1.54, 1.807) is 4.90 Å². The van der Waals surface area contributed by atoms with Crippen LogP contribution in [0.5, 0.6) is 0 Å². The molecule has 0 aliphatic heterocycles. The molecule has 3 aromatic carbocycles. The molecule has 6 heteroatoms. The van der Waals surface area contributed by atoms with Gasteiger partial charge in [0, 0.05) is 24.8 Å². The number of thioether (sulfide) groups is 1. The van der Waals surface area contributed by atoms with Crippen LogP contribution in [-0.2, 0) is 11.3 Å². The van der Waals surface area contributed by atoms with Crippen LogP contribution in [0.15, 0.2) is 96.2 Å². The summed E-state index contributed by atoms with van der Waals surface area (Å²) in [7, 11) is 1.83. The summed E-state index contributed by atoms with van der Waals surface area (Å²) in [5.41, 5.74) is 3.05. The van der Waals surface area contributed by atoms with Crippen LogP contribution in [0.1, 0.15) is 5.56 Å². The van der Waals surface area contributed by atoms with Crippen molar-refractivity contribution in [1.29, 1.82) is 0 Å². The lowest BCUT2D eigenvalue weighted by Gasteiger charge is -2.17. The molecule has 0 atom stereocenters. The Morgan fingerprint density at radius 3 is 2.13 bits per heavy atom. The fourth-order valence-corrected chi connectivity index (χ4v) is 4.02. The van der Waals surface area contributed by atoms with E-state index in [0.717, 1.165) is 22.6 Å². The van der Waals surface area contributed by atoms with Gasteiger partial charge in [0.2, 0.25) is 5.91 Å². The first kappa shape index (κ1) is 19.9. The molecule has 0 bridgehead atoms. The first-order chi connectivity index (χ1) is 14.7. The molecule has 5 nitrogen and oxygen atoms in total. The summed E-state index contributed by atoms with van der Waals surface area (Å²) in [6.07, 6.45) is 0. The molecule has 0 saturated heterocycles. The molecular weight excluding hydrogens is 392 g/mol. The molecule has 0 spiro atoms. The fraction of sp³-hybridized carbons (Fsp3) is 0.125. The van der Waals surface area contributed by atoms with Crippen molar-refractivity contribution in [2.45, 2.75) is 11.7 Å². The van der Waals surface area contributed by atoms with Gasteiger partial charge in [0.25, 0.3) is 0 Å². The number of nitrogens with zero attached hydrogens (tertiary/aromatic N) is 4. The van der Waals surface area contributed by atoms with Crippen molar-refractivity contribution < 1.29 is 4.79 Å². The van der Waals surface area contributed by atoms with Gasteiger partial charge in [0.15, 0.2) is 11.0 Å². The SMILES string of the molecule is CN(Cc1ccccc1)C(=O)CSc1nnc(-c2ccccc2)n1-c1ccccc1. The Labute approximate surface area is 180 Å². The van der Waals surface area contributed by atoms with E-state index in [2.05, 4.69) is 10.2 Å². The summed E-state index contributed by atoms with van der Waals surface area (Å²) >= 11 is 1.40. The summed E-state index contributed by atoms with van der Waals surface area (Å²) in [6.45, 7) is 0.584. The Morgan fingerprint density at radius 2 is 1.47 bits per heavy atom. The van der Waals surface area contributed by atoms with Gasteiger partial charge in [-0.2, -0.15) is 0 Å². The number of carbonyl (C=O) groups excluding carboxylic acids is 1. The van der Waals surface area contributed by atoms with Crippen LogP contribution in [0, 0.1) is 0 Å². The fourth-order valence-electron chi connectivity index (χ4n) is 3.13. The number of hydrogen-bond acceptors (Lipinski definition) is 4. The van der Waals surface area contributed by atoms with Gasteiger partial charge in [0.05, 0.1) is 5.75 Å². The van der Waals surface area contributed by atoms with Crippen molar-refractivity contribution in [1.82, 2.24) is 19.7 Å². The van der Waals surface area contributed by atoms with Crippen LogP contribution in [0.25, 0.3) is 17.1 Å². The summed E-state index contributed by atoms with van der Waals surface area (Å²) in [5.74, 6) is 1.10. The minimum atomic E-state index is 0.0488. The predicted octanol–water partition coefficient (Wildman–Crippen LogP) is 4.69. The highest BCUT2D eigenvalue weighted by Gasteiger charge is 2.18. The van der Waals surface area contributed by atoms with E-state index in [9.17, 15) is 4.79 Å². The maximum absolute atomic E-state index is 12.7. The zero-order valence-electron chi connectivity index (χ0n) is 16.7. The van der Waals surface area contributed by atoms with Gasteiger partial charge < -0.3 is 4.90 Å². The number of para-hydroxylation sites is 1. The molecular formula is C24H22N4OS. The Balaban J connectivity index is 1.54. The molecule has 0 unspecified atom stereocenters. The molecule has 0 aliphatic rings. The number of hydrogen-bond donors (Lipinski definition) is 0. The first-order valence-electron chi connectivity index (χ1n) is 9.69. The van der Waals surface area contributed by atoms with Gasteiger partial charge in [-0.3, -0.25) is 9.36 Å². The molecule has 0 aliphatic carbocycles. The summed E-state index contributed by atoms with van der Waals surface area (Å²) < 4.78 is 2.00. The highest BCUT2D eigenvalue weighted by Crippen LogP contribution is 2.28. The molecule has 0 fully saturated rings. The molecule has 1 aromatic heterocycles. The molecule has 1 heterocycles. The molecule has 4 aromatic rings. The van der Waals surface area contributed by atoms with Gasteiger partial charge in [-0.05, 0) is 17.7 Å². The Bertz CT molecular complexity index is 1100. The van der Waals surface area contributed by atoms with E-state index < -0.39 is 0 Å². The maximum Gasteiger partial charge on any atom is 0.233 e. The van der Waals surface area contributed by atoms with Crippen molar-refractivity contribution in [3.63, 3.8) is 0 Å². The van der Waals surface area contributed by atoms with Crippen LogP contribution >= 0.6 is 11.8 Å². The lowest BCUT2D eigenvalue weighted by molar-refractivity contribution is -0.127. The van der Waals surface area contributed by atoms with E-state index >= 15 is 0 Å². The van der Waals surface area contributed by atoms with Gasteiger partial charge in [-0.15, -0.1) is 10.2 Å². The molecule has 30 heavy (non-hydrogen) atoms. The topological polar surface area (TPSA) is 51.0 Å². The third-order valence-electron chi connectivity index (χ3n) is 4.69. The van der Waals surface area contributed by atoms with Gasteiger partial charge >= 0.3 is 0 Å². The monoisotopic (exact) mass is 414 g/mol. The number of amides is 1. The van der Waals surface area contributed by atoms with Crippen LogP contribution < -0.4 is 0 Å². The smallest absolute Gasteiger partial charge is 0.233 e. The van der Waals surface area contributed by atoms with Crippen molar-refractivity contribution in [2.75, 3.05) is 12.8 Å². The van der Waals surface area contributed by atoms with Gasteiger partial charge in [0.1, 0.15) is 0 Å². The molecule has 1 amide bonds. The normalized spacial score (nSPS) is 10.7. The largest absolute Gasteiger partial charge is 0.341 e. The van der Waals surface area contributed by atoms with Gasteiger partial charge in [-0.25, -0.2) is 0 Å². The zero-order valence-corrected chi connectivity index (χ0v) is 17.5. The van der Waals surface area contributed by atoms with Crippen LogP contribution in [-0.4, -0.2) is 38.4 Å². The lowest BCUT2D eigenvalue weighted by Crippen LogP contribution is -2.27. The average Bonchev–Trinajstić information content (AvgIpc) is 3.23. The highest BCUT2D eigenvalue weighted by molar-refractivity contribution is 7.99. The number of benzene rings is 3. The zero-order chi connectivity index (χ0) is 20.8. The summed E-state index contributed by atoms with van der Waals surface area (Å²) in [5, 5.41) is 9.51. The third-order valence-corrected chi connectivity index (χ3v) is 5.61. The van der Waals surface area contributed by atoms with E-state index in [4.69, 9.17) is 0 Å². The maximum atomic E-state index is 12.7. The van der Waals surface area contributed by atoms with E-state index in [-0.39, 0.29) is 5.91 Å². The van der Waals surface area contributed by atoms with E-state index in [1.165, 1.54) is 11.8 Å². The summed E-state index contributed by atoms with van der Waals surface area (Å²) in [4.78, 5) is 14.4. The molecule has 0 saturated carbocycles. The minimum absolute atomic E-state index is 0.0488. The number of rotatable bonds is 7. The Morgan fingerprint density at radius 1 is 0.867 bits per heavy atom. The minimum Gasteiger partial charge on any atom is -0.341 e. The predicted molar refractivity (Wildman–Crippen MR) is 120 cm³/mol. The quantitative estimate of drug-likeness (QED) is 0.412. The van der Waals surface area contributed by atoms with E-state index in [0.29, 0.717) is 17.5 Å². The van der Waals surface area contributed by atoms with Crippen molar-refractivity contribution in [3.05, 3.63) is 96.6 Å². The lowest BCUT2D eigenvalue weighted by atomic mass is 10.2. The average molecular weight is 415 g/mol. The molecule has 0 radical (unpaired) electrons. The number of carbonyl (C=O) groups is 1. The highest BCUT2D eigenvalue weighted by atomic mass is 32.2. The van der Waals surface area contributed by atoms with Crippen molar-refractivity contribution in [2.24, 2.45) is 0 Å². The molecule has 0 N–H and O–H groups in total. The standard InChI is InChI=1S/C24H22N4OS/c1-27(17-19-11-5-2-6-12-19)22(29)18-30-24-26-25-23(20-13-7-3-8-14-20)28(24)21-15-9-4-10-16-21/h2-16H,17-18H2,1H3. The first-order valence-corrected chi connectivity index (χ1v) is 10.7. The van der Waals surface area contributed by atoms with Crippen molar-refractivity contribution in [3.8, 4) is 17.1 Å². The second kappa shape index (κ2) is 9.41. The molecule has 4 rings (SSSR count). The third kappa shape index (κ3) is 4.60. The van der Waals surface area contributed by atoms with Crippen LogP contribution in [0.4, 0.5) is 0 Å². The Hall–Kier alpha value is -3.38. The second-order valence-corrected chi connectivity index (χ2v) is 7.81. The summed E-state index contributed by atoms with van der Waals surface area (Å²) in [6, 6.07) is 29.9. The second-order valence-electron chi connectivity index (χ2n) is 6.87.